The Kier molecular flexibility index (Phi) is 6.11. The average Bonchev–Trinajstić information content (AvgIpc) is 3.16. The van der Waals surface area contributed by atoms with Crippen molar-refractivity contribution in [3.8, 4) is 11.5 Å². The van der Waals surface area contributed by atoms with Crippen molar-refractivity contribution in [3.63, 3.8) is 0 Å². The number of para-hydroxylation sites is 1. The number of piperazine rings is 1. The molecule has 0 aromatic heterocycles. The summed E-state index contributed by atoms with van der Waals surface area (Å²) in [5.41, 5.74) is 3.38. The molecule has 1 fully saturated rings. The molecule has 1 N–H and O–H groups in total. The molecule has 2 amide bonds. The summed E-state index contributed by atoms with van der Waals surface area (Å²) in [6, 6.07) is 23.0. The molecule has 6 nitrogen and oxygen atoms in total. The van der Waals surface area contributed by atoms with Crippen molar-refractivity contribution < 1.29 is 9.53 Å². The van der Waals surface area contributed by atoms with Crippen molar-refractivity contribution in [1.29, 1.82) is 0 Å². The van der Waals surface area contributed by atoms with Crippen molar-refractivity contribution in [3.05, 3.63) is 78.4 Å². The maximum Gasteiger partial charge on any atom is 0.327 e. The number of likely N-dealkylation sites (N-methyl/N-ethyl adjacent to an activating group) is 1. The summed E-state index contributed by atoms with van der Waals surface area (Å²) in [4.78, 5) is 19.5. The van der Waals surface area contributed by atoms with Gasteiger partial charge >= 0.3 is 6.03 Å². The molecule has 0 radical (unpaired) electrons. The van der Waals surface area contributed by atoms with Gasteiger partial charge in [0, 0.05) is 44.0 Å². The molecule has 2 aliphatic rings. The number of urea groups is 1. The third-order valence-corrected chi connectivity index (χ3v) is 6.52. The van der Waals surface area contributed by atoms with Crippen molar-refractivity contribution in [2.45, 2.75) is 11.9 Å². The number of carbonyl (C=O) groups excluding carboxylic acids is 1. The summed E-state index contributed by atoms with van der Waals surface area (Å²) >= 11 is 6.60. The van der Waals surface area contributed by atoms with Gasteiger partial charge in [0.05, 0.1) is 5.69 Å². The van der Waals surface area contributed by atoms with E-state index < -0.39 is 5.50 Å². The zero-order valence-electron chi connectivity index (χ0n) is 18.6. The topological polar surface area (TPSA) is 48.0 Å². The minimum Gasteiger partial charge on any atom is -0.457 e. The van der Waals surface area contributed by atoms with Crippen LogP contribution >= 0.6 is 11.6 Å². The van der Waals surface area contributed by atoms with E-state index >= 15 is 0 Å². The molecule has 0 saturated carbocycles. The summed E-state index contributed by atoms with van der Waals surface area (Å²) in [5, 5.41) is 2.98. The Morgan fingerprint density at radius 3 is 2.36 bits per heavy atom. The second-order valence-corrected chi connectivity index (χ2v) is 8.99. The molecule has 1 atom stereocenters. The number of ether oxygens (including phenoxy) is 1. The van der Waals surface area contributed by atoms with E-state index in [2.05, 4.69) is 40.4 Å². The van der Waals surface area contributed by atoms with Crippen LogP contribution in [0.3, 0.4) is 0 Å². The number of alkyl halides is 1. The van der Waals surface area contributed by atoms with Gasteiger partial charge in [-0.05, 0) is 61.1 Å². The normalized spacial score (nSPS) is 18.2. The van der Waals surface area contributed by atoms with Crippen LogP contribution in [0.1, 0.15) is 5.56 Å². The zero-order chi connectivity index (χ0) is 22.8. The average molecular weight is 463 g/mol. The Labute approximate surface area is 199 Å². The second-order valence-electron chi connectivity index (χ2n) is 8.48. The summed E-state index contributed by atoms with van der Waals surface area (Å²) in [7, 11) is 2.14. The lowest BCUT2D eigenvalue weighted by Gasteiger charge is -2.34. The lowest BCUT2D eigenvalue weighted by molar-refractivity contribution is 0.257. The van der Waals surface area contributed by atoms with Crippen molar-refractivity contribution in [1.82, 2.24) is 4.90 Å². The molecule has 2 aliphatic heterocycles. The molecule has 3 aromatic carbocycles. The highest BCUT2D eigenvalue weighted by Crippen LogP contribution is 2.37. The van der Waals surface area contributed by atoms with Gasteiger partial charge in [-0.1, -0.05) is 35.9 Å². The lowest BCUT2D eigenvalue weighted by atomic mass is 10.1. The van der Waals surface area contributed by atoms with E-state index in [1.807, 2.05) is 54.6 Å². The number of anilines is 3. The fourth-order valence-corrected chi connectivity index (χ4v) is 4.65. The fourth-order valence-electron chi connectivity index (χ4n) is 4.29. The number of hydrogen-bond acceptors (Lipinski definition) is 4. The Morgan fingerprint density at radius 2 is 1.64 bits per heavy atom. The third kappa shape index (κ3) is 4.77. The van der Waals surface area contributed by atoms with Crippen LogP contribution in [0, 0.1) is 0 Å². The van der Waals surface area contributed by atoms with E-state index in [-0.39, 0.29) is 6.03 Å². The molecular weight excluding hydrogens is 436 g/mol. The Bertz CT molecular complexity index is 1110. The van der Waals surface area contributed by atoms with Crippen LogP contribution in [0.2, 0.25) is 0 Å². The predicted octanol–water partition coefficient (Wildman–Crippen LogP) is 5.39. The van der Waals surface area contributed by atoms with Gasteiger partial charge in [0.25, 0.3) is 0 Å². The Morgan fingerprint density at radius 1 is 0.939 bits per heavy atom. The van der Waals surface area contributed by atoms with Gasteiger partial charge in [0.1, 0.15) is 17.0 Å². The first-order chi connectivity index (χ1) is 16.1. The quantitative estimate of drug-likeness (QED) is 0.417. The first kappa shape index (κ1) is 21.6. The van der Waals surface area contributed by atoms with Gasteiger partial charge in [-0.3, -0.25) is 4.90 Å². The molecule has 33 heavy (non-hydrogen) atoms. The highest BCUT2D eigenvalue weighted by atomic mass is 35.5. The molecule has 5 rings (SSSR count). The largest absolute Gasteiger partial charge is 0.457 e. The molecule has 0 unspecified atom stereocenters. The zero-order valence-corrected chi connectivity index (χ0v) is 19.3. The maximum absolute atomic E-state index is 13.2. The number of amides is 2. The van der Waals surface area contributed by atoms with Crippen molar-refractivity contribution in [2.75, 3.05) is 48.3 Å². The standard InChI is InChI=1S/C26H27ClN4O2/c1-29-13-15-30(16-14-29)21-10-7-19-17-25(27)31(24(19)18-21)26(32)28-20-8-11-23(12-9-20)33-22-5-3-2-4-6-22/h2-12,18,25H,13-17H2,1H3,(H,28,32)/t25-/m1/s1. The molecule has 7 heteroatoms. The molecule has 170 valence electrons. The molecule has 0 bridgehead atoms. The maximum atomic E-state index is 13.2. The monoisotopic (exact) mass is 462 g/mol. The van der Waals surface area contributed by atoms with Gasteiger partial charge < -0.3 is 19.9 Å². The van der Waals surface area contributed by atoms with Crippen LogP contribution in [-0.2, 0) is 6.42 Å². The van der Waals surface area contributed by atoms with E-state index in [4.69, 9.17) is 16.3 Å². The number of halogens is 1. The Balaban J connectivity index is 1.29. The van der Waals surface area contributed by atoms with Gasteiger partial charge in [-0.15, -0.1) is 0 Å². The highest BCUT2D eigenvalue weighted by molar-refractivity contribution is 6.26. The van der Waals surface area contributed by atoms with Gasteiger partial charge in [0.2, 0.25) is 0 Å². The van der Waals surface area contributed by atoms with Gasteiger partial charge in [-0.2, -0.15) is 0 Å². The van der Waals surface area contributed by atoms with E-state index in [1.165, 1.54) is 0 Å². The van der Waals surface area contributed by atoms with E-state index in [0.717, 1.165) is 48.9 Å². The number of nitrogens with zero attached hydrogens (tertiary/aromatic N) is 3. The molecule has 3 aromatic rings. The van der Waals surface area contributed by atoms with Crippen LogP contribution < -0.4 is 19.9 Å². The van der Waals surface area contributed by atoms with Crippen LogP contribution in [0.15, 0.2) is 72.8 Å². The van der Waals surface area contributed by atoms with Crippen LogP contribution in [0.5, 0.6) is 11.5 Å². The van der Waals surface area contributed by atoms with Crippen molar-refractivity contribution >= 4 is 34.7 Å². The second kappa shape index (κ2) is 9.33. The molecular formula is C26H27ClN4O2. The number of rotatable bonds is 4. The predicted molar refractivity (Wildman–Crippen MR) is 134 cm³/mol. The van der Waals surface area contributed by atoms with E-state index in [9.17, 15) is 4.79 Å². The van der Waals surface area contributed by atoms with Gasteiger partial charge in [0.15, 0.2) is 0 Å². The minimum absolute atomic E-state index is 0.235. The fraction of sp³-hybridized carbons (Fsp3) is 0.269. The number of fused-ring (bicyclic) bond motifs is 1. The molecule has 0 aliphatic carbocycles. The SMILES string of the molecule is CN1CCN(c2ccc3c(c2)N(C(=O)Nc2ccc(Oc4ccccc4)cc2)[C@@H](Cl)C3)CC1. The molecule has 2 heterocycles. The first-order valence-electron chi connectivity index (χ1n) is 11.2. The molecule has 1 saturated heterocycles. The highest BCUT2D eigenvalue weighted by Gasteiger charge is 2.33. The lowest BCUT2D eigenvalue weighted by Crippen LogP contribution is -2.44. The summed E-state index contributed by atoms with van der Waals surface area (Å²) in [5.74, 6) is 1.47. The molecule has 0 spiro atoms. The first-order valence-corrected chi connectivity index (χ1v) is 11.6. The third-order valence-electron chi connectivity index (χ3n) is 6.17. The number of carbonyl (C=O) groups is 1. The van der Waals surface area contributed by atoms with Crippen molar-refractivity contribution in [2.24, 2.45) is 0 Å². The summed E-state index contributed by atoms with van der Waals surface area (Å²) in [6.45, 7) is 4.01. The minimum atomic E-state index is -0.413. The smallest absolute Gasteiger partial charge is 0.327 e. The Hall–Kier alpha value is -3.22. The number of benzene rings is 3. The number of nitrogens with one attached hydrogen (secondary N) is 1. The van der Waals surface area contributed by atoms with Crippen LogP contribution in [0.25, 0.3) is 0 Å². The van der Waals surface area contributed by atoms with Crippen LogP contribution in [0.4, 0.5) is 21.9 Å². The summed E-state index contributed by atoms with van der Waals surface area (Å²) < 4.78 is 5.83. The van der Waals surface area contributed by atoms with E-state index in [0.29, 0.717) is 17.9 Å². The van der Waals surface area contributed by atoms with Gasteiger partial charge in [-0.25, -0.2) is 4.79 Å². The van der Waals surface area contributed by atoms with E-state index in [1.54, 1.807) is 4.90 Å². The summed E-state index contributed by atoms with van der Waals surface area (Å²) in [6.07, 6.45) is 0.636. The van der Waals surface area contributed by atoms with Crippen LogP contribution in [-0.4, -0.2) is 49.7 Å². The number of hydrogen-bond donors (Lipinski definition) is 1.